The Morgan fingerprint density at radius 1 is 1.45 bits per heavy atom. The summed E-state index contributed by atoms with van der Waals surface area (Å²) in [6.45, 7) is 2.99. The van der Waals surface area contributed by atoms with Crippen molar-refractivity contribution < 1.29 is 18.0 Å². The fourth-order valence-electron chi connectivity index (χ4n) is 2.84. The molecule has 0 bridgehead atoms. The summed E-state index contributed by atoms with van der Waals surface area (Å²) in [7, 11) is -3.01. The van der Waals surface area contributed by atoms with Crippen molar-refractivity contribution in [3.8, 4) is 0 Å². The predicted molar refractivity (Wildman–Crippen MR) is 74.8 cm³/mol. The zero-order chi connectivity index (χ0) is 14.8. The molecule has 2 amide bonds. The third kappa shape index (κ3) is 3.50. The molecule has 0 radical (unpaired) electrons. The molecule has 114 valence electrons. The van der Waals surface area contributed by atoms with Crippen molar-refractivity contribution in [2.45, 2.75) is 38.6 Å². The normalized spacial score (nSPS) is 28.4. The molecule has 0 spiro atoms. The number of hydrogen-bond acceptors (Lipinski definition) is 4. The Morgan fingerprint density at radius 3 is 2.70 bits per heavy atom. The van der Waals surface area contributed by atoms with Gasteiger partial charge in [-0.25, -0.2) is 8.42 Å². The zero-order valence-corrected chi connectivity index (χ0v) is 12.6. The van der Waals surface area contributed by atoms with Crippen LogP contribution in [0.5, 0.6) is 0 Å². The molecule has 1 N–H and O–H groups in total. The second-order valence-electron chi connectivity index (χ2n) is 5.65. The number of amides is 2. The van der Waals surface area contributed by atoms with E-state index >= 15 is 0 Å². The first-order valence-electron chi connectivity index (χ1n) is 7.20. The lowest BCUT2D eigenvalue weighted by Gasteiger charge is -2.30. The smallest absolute Gasteiger partial charge is 0.228 e. The number of rotatable bonds is 5. The van der Waals surface area contributed by atoms with Gasteiger partial charge < -0.3 is 10.2 Å². The van der Waals surface area contributed by atoms with Crippen molar-refractivity contribution in [2.24, 2.45) is 5.92 Å². The summed E-state index contributed by atoms with van der Waals surface area (Å²) in [5.41, 5.74) is 0. The van der Waals surface area contributed by atoms with Crippen molar-refractivity contribution in [3.05, 3.63) is 0 Å². The number of hydrogen-bond donors (Lipinski definition) is 1. The summed E-state index contributed by atoms with van der Waals surface area (Å²) >= 11 is 0. The monoisotopic (exact) mass is 302 g/mol. The van der Waals surface area contributed by atoms with Crippen molar-refractivity contribution in [3.63, 3.8) is 0 Å². The Balaban J connectivity index is 2.07. The van der Waals surface area contributed by atoms with E-state index in [1.54, 1.807) is 4.90 Å². The largest absolute Gasteiger partial charge is 0.355 e. The fourth-order valence-corrected chi connectivity index (χ4v) is 4.57. The van der Waals surface area contributed by atoms with Crippen LogP contribution in [0, 0.1) is 5.92 Å². The molecule has 2 aliphatic rings. The van der Waals surface area contributed by atoms with Crippen molar-refractivity contribution in [2.75, 3.05) is 24.6 Å². The molecule has 0 aromatic heterocycles. The molecule has 2 saturated heterocycles. The van der Waals surface area contributed by atoms with Crippen LogP contribution in [0.3, 0.4) is 0 Å². The number of sulfone groups is 1. The van der Waals surface area contributed by atoms with Gasteiger partial charge in [-0.3, -0.25) is 9.59 Å². The summed E-state index contributed by atoms with van der Waals surface area (Å²) < 4.78 is 23.2. The number of nitrogens with one attached hydrogen (secondary N) is 1. The lowest BCUT2D eigenvalue weighted by Crippen LogP contribution is -2.45. The minimum Gasteiger partial charge on any atom is -0.355 e. The minimum absolute atomic E-state index is 0.0660. The Morgan fingerprint density at radius 2 is 2.20 bits per heavy atom. The van der Waals surface area contributed by atoms with Gasteiger partial charge in [-0.05, 0) is 12.8 Å². The summed E-state index contributed by atoms with van der Waals surface area (Å²) in [5.74, 6) is -0.272. The van der Waals surface area contributed by atoms with Gasteiger partial charge in [-0.2, -0.15) is 0 Å². The Bertz CT molecular complexity index is 489. The molecular formula is C13H22N2O4S. The Labute approximate surface area is 119 Å². The van der Waals surface area contributed by atoms with Gasteiger partial charge in [-0.15, -0.1) is 0 Å². The van der Waals surface area contributed by atoms with E-state index in [0.29, 0.717) is 19.5 Å². The van der Waals surface area contributed by atoms with E-state index in [1.807, 2.05) is 6.92 Å². The van der Waals surface area contributed by atoms with Crippen molar-refractivity contribution in [1.29, 1.82) is 0 Å². The number of carbonyl (C=O) groups is 2. The van der Waals surface area contributed by atoms with Gasteiger partial charge in [-0.1, -0.05) is 13.3 Å². The van der Waals surface area contributed by atoms with Crippen LogP contribution in [0.2, 0.25) is 0 Å². The highest BCUT2D eigenvalue weighted by Crippen LogP contribution is 2.22. The third-order valence-electron chi connectivity index (χ3n) is 4.01. The lowest BCUT2D eigenvalue weighted by atomic mass is 10.0. The van der Waals surface area contributed by atoms with Gasteiger partial charge >= 0.3 is 0 Å². The molecule has 6 nitrogen and oxygen atoms in total. The molecule has 2 unspecified atom stereocenters. The quantitative estimate of drug-likeness (QED) is 0.771. The molecular weight excluding hydrogens is 280 g/mol. The molecule has 20 heavy (non-hydrogen) atoms. The summed E-state index contributed by atoms with van der Waals surface area (Å²) in [6.07, 6.45) is 2.55. The van der Waals surface area contributed by atoms with Gasteiger partial charge in [0.2, 0.25) is 11.8 Å². The molecule has 0 saturated carbocycles. The minimum atomic E-state index is -3.01. The van der Waals surface area contributed by atoms with Crippen molar-refractivity contribution in [1.82, 2.24) is 10.2 Å². The number of unbranched alkanes of at least 4 members (excludes halogenated alkanes) is 1. The van der Waals surface area contributed by atoms with E-state index in [4.69, 9.17) is 0 Å². The molecule has 7 heteroatoms. The molecule has 0 aromatic rings. The third-order valence-corrected chi connectivity index (χ3v) is 5.76. The maximum absolute atomic E-state index is 12.5. The first kappa shape index (κ1) is 15.3. The number of carbonyl (C=O) groups excluding carboxylic acids is 2. The summed E-state index contributed by atoms with van der Waals surface area (Å²) in [4.78, 5) is 25.5. The van der Waals surface area contributed by atoms with Crippen LogP contribution < -0.4 is 5.32 Å². The van der Waals surface area contributed by atoms with Gasteiger partial charge in [0, 0.05) is 25.6 Å². The fraction of sp³-hybridized carbons (Fsp3) is 0.846. The molecule has 2 fully saturated rings. The summed E-state index contributed by atoms with van der Waals surface area (Å²) in [5, 5.41) is 2.66. The number of nitrogens with zero attached hydrogens (tertiary/aromatic N) is 1. The molecule has 2 rings (SSSR count). The standard InChI is InChI=1S/C13H22N2O4S/c1-2-3-5-15(11-4-6-20(18,19)9-11)13(17)10-7-12(16)14-8-10/h10-11H,2-9H2,1H3,(H,14,16). The Hall–Kier alpha value is -1.11. The van der Waals surface area contributed by atoms with Crippen LogP contribution in [0.25, 0.3) is 0 Å². The van der Waals surface area contributed by atoms with Crippen molar-refractivity contribution >= 4 is 21.7 Å². The van der Waals surface area contributed by atoms with Crippen LogP contribution in [0.1, 0.15) is 32.6 Å². The zero-order valence-electron chi connectivity index (χ0n) is 11.8. The Kier molecular flexibility index (Phi) is 4.67. The van der Waals surface area contributed by atoms with Crippen LogP contribution in [0.15, 0.2) is 0 Å². The lowest BCUT2D eigenvalue weighted by molar-refractivity contribution is -0.137. The van der Waals surface area contributed by atoms with E-state index in [0.717, 1.165) is 12.8 Å². The maximum atomic E-state index is 12.5. The maximum Gasteiger partial charge on any atom is 0.228 e. The molecule has 2 aliphatic heterocycles. The SMILES string of the molecule is CCCCN(C(=O)C1CNC(=O)C1)C1CCS(=O)(=O)C1. The van der Waals surface area contributed by atoms with Crippen LogP contribution in [0.4, 0.5) is 0 Å². The van der Waals surface area contributed by atoms with Gasteiger partial charge in [0.15, 0.2) is 9.84 Å². The predicted octanol–water partition coefficient (Wildman–Crippen LogP) is -0.0617. The second kappa shape index (κ2) is 6.11. The molecule has 2 heterocycles. The van der Waals surface area contributed by atoms with Gasteiger partial charge in [0.25, 0.3) is 0 Å². The van der Waals surface area contributed by atoms with Crippen LogP contribution in [-0.2, 0) is 19.4 Å². The van der Waals surface area contributed by atoms with E-state index < -0.39 is 9.84 Å². The highest BCUT2D eigenvalue weighted by molar-refractivity contribution is 7.91. The van der Waals surface area contributed by atoms with E-state index in [9.17, 15) is 18.0 Å². The van der Waals surface area contributed by atoms with E-state index in [2.05, 4.69) is 5.32 Å². The van der Waals surface area contributed by atoms with E-state index in [1.165, 1.54) is 0 Å². The first-order valence-corrected chi connectivity index (χ1v) is 9.02. The highest BCUT2D eigenvalue weighted by atomic mass is 32.2. The van der Waals surface area contributed by atoms with E-state index in [-0.39, 0.29) is 41.7 Å². The first-order chi connectivity index (χ1) is 9.43. The average Bonchev–Trinajstić information content (AvgIpc) is 2.96. The molecule has 2 atom stereocenters. The highest BCUT2D eigenvalue weighted by Gasteiger charge is 2.38. The molecule has 0 aromatic carbocycles. The second-order valence-corrected chi connectivity index (χ2v) is 7.88. The average molecular weight is 302 g/mol. The van der Waals surface area contributed by atoms with Crippen LogP contribution >= 0.6 is 0 Å². The topological polar surface area (TPSA) is 83.6 Å². The van der Waals surface area contributed by atoms with Gasteiger partial charge in [0.1, 0.15) is 0 Å². The van der Waals surface area contributed by atoms with Crippen LogP contribution in [-0.4, -0.2) is 55.8 Å². The molecule has 0 aliphatic carbocycles. The van der Waals surface area contributed by atoms with Gasteiger partial charge in [0.05, 0.1) is 17.4 Å². The summed E-state index contributed by atoms with van der Waals surface area (Å²) in [6, 6.07) is -0.213.